The first kappa shape index (κ1) is 23.4. The van der Waals surface area contributed by atoms with E-state index in [1.54, 1.807) is 30.3 Å². The first-order chi connectivity index (χ1) is 17.0. The van der Waals surface area contributed by atoms with E-state index in [2.05, 4.69) is 4.90 Å². The Bertz CT molecular complexity index is 1210. The average molecular weight is 478 g/mol. The van der Waals surface area contributed by atoms with Gasteiger partial charge in [0.15, 0.2) is 0 Å². The summed E-state index contributed by atoms with van der Waals surface area (Å²) in [6.45, 7) is 4.80. The van der Waals surface area contributed by atoms with E-state index >= 15 is 0 Å². The molecule has 182 valence electrons. The van der Waals surface area contributed by atoms with Crippen LogP contribution in [0.4, 0.5) is 8.78 Å². The second-order valence-electron chi connectivity index (χ2n) is 9.25. The molecule has 0 saturated carbocycles. The van der Waals surface area contributed by atoms with Gasteiger partial charge in [0.1, 0.15) is 35.8 Å². The van der Waals surface area contributed by atoms with Crippen LogP contribution >= 0.6 is 0 Å². The average Bonchev–Trinajstić information content (AvgIpc) is 3.34. The highest BCUT2D eigenvalue weighted by atomic mass is 19.1. The summed E-state index contributed by atoms with van der Waals surface area (Å²) in [4.78, 5) is 2.24. The molecule has 0 aliphatic carbocycles. The maximum Gasteiger partial charge on any atom is 0.150 e. The van der Waals surface area contributed by atoms with Crippen LogP contribution in [0.3, 0.4) is 0 Å². The van der Waals surface area contributed by atoms with Crippen molar-refractivity contribution in [3.05, 3.63) is 89.2 Å². The van der Waals surface area contributed by atoms with Gasteiger partial charge in [-0.25, -0.2) is 4.39 Å². The van der Waals surface area contributed by atoms with Gasteiger partial charge in [0, 0.05) is 30.1 Å². The normalized spacial score (nSPS) is 20.0. The van der Waals surface area contributed by atoms with Crippen molar-refractivity contribution in [2.24, 2.45) is 5.92 Å². The molecule has 5 rings (SSSR count). The molecule has 1 N–H and O–H groups in total. The lowest BCUT2D eigenvalue weighted by molar-refractivity contribution is 0.228. The monoisotopic (exact) mass is 477 g/mol. The fourth-order valence-electron chi connectivity index (χ4n) is 4.95. The Morgan fingerprint density at radius 2 is 1.83 bits per heavy atom. The minimum absolute atomic E-state index is 0.158. The summed E-state index contributed by atoms with van der Waals surface area (Å²) in [7, 11) is 0. The molecule has 2 aliphatic rings. The van der Waals surface area contributed by atoms with Gasteiger partial charge in [0.2, 0.25) is 0 Å². The number of hydrogen-bond donors (Lipinski definition) is 1. The number of phenolic OH excluding ortho intramolecular Hbond substituents is 1. The fraction of sp³-hybridized carbons (Fsp3) is 0.310. The minimum atomic E-state index is -0.395. The van der Waals surface area contributed by atoms with Gasteiger partial charge >= 0.3 is 0 Å². The molecular weight excluding hydrogens is 448 g/mol. The third-order valence-electron chi connectivity index (χ3n) is 6.88. The molecule has 2 atom stereocenters. The quantitative estimate of drug-likeness (QED) is 0.436. The smallest absolute Gasteiger partial charge is 0.150 e. The highest BCUT2D eigenvalue weighted by Crippen LogP contribution is 2.47. The molecule has 0 amide bonds. The van der Waals surface area contributed by atoms with E-state index in [1.165, 1.54) is 12.1 Å². The van der Waals surface area contributed by atoms with Crippen LogP contribution in [0.15, 0.2) is 66.7 Å². The molecule has 0 bridgehead atoms. The number of phenols is 1. The summed E-state index contributed by atoms with van der Waals surface area (Å²) in [5, 5.41) is 10.0. The largest absolute Gasteiger partial charge is 0.508 e. The molecule has 3 aromatic rings. The number of likely N-dealkylation sites (tertiary alicyclic amines) is 1. The van der Waals surface area contributed by atoms with Crippen LogP contribution in [0.5, 0.6) is 17.2 Å². The van der Waals surface area contributed by atoms with E-state index < -0.39 is 6.10 Å². The number of rotatable bonds is 7. The number of alkyl halides is 1. The number of halogens is 2. The van der Waals surface area contributed by atoms with Crippen LogP contribution < -0.4 is 9.47 Å². The summed E-state index contributed by atoms with van der Waals surface area (Å²) >= 11 is 0. The van der Waals surface area contributed by atoms with Gasteiger partial charge in [-0.1, -0.05) is 24.3 Å². The van der Waals surface area contributed by atoms with E-state index in [-0.39, 0.29) is 24.2 Å². The molecule has 4 nitrogen and oxygen atoms in total. The van der Waals surface area contributed by atoms with Gasteiger partial charge in [0.25, 0.3) is 0 Å². The lowest BCUT2D eigenvalue weighted by Gasteiger charge is -2.31. The van der Waals surface area contributed by atoms with Gasteiger partial charge < -0.3 is 14.6 Å². The zero-order valence-electron chi connectivity index (χ0n) is 19.7. The van der Waals surface area contributed by atoms with Crippen molar-refractivity contribution in [2.45, 2.75) is 19.4 Å². The van der Waals surface area contributed by atoms with Crippen LogP contribution in [0, 0.1) is 11.7 Å². The number of aromatic hydroxyl groups is 1. The molecular formula is C29H29F2NO3. The zero-order chi connectivity index (χ0) is 24.4. The maximum atomic E-state index is 13.6. The number of fused-ring (bicyclic) bond motifs is 1. The number of nitrogens with zero attached hydrogens (tertiary/aromatic N) is 1. The van der Waals surface area contributed by atoms with E-state index in [0.29, 0.717) is 12.4 Å². The number of benzene rings is 3. The number of hydrogen-bond acceptors (Lipinski definition) is 4. The maximum absolute atomic E-state index is 13.6. The summed E-state index contributed by atoms with van der Waals surface area (Å²) < 4.78 is 38.8. The molecule has 0 aromatic heterocycles. The summed E-state index contributed by atoms with van der Waals surface area (Å²) in [5.41, 5.74) is 4.52. The van der Waals surface area contributed by atoms with Crippen molar-refractivity contribution in [1.82, 2.24) is 4.90 Å². The SMILES string of the molecule is CC1=C(c2ccc(F)cc2)C(c2ccc(OCCN3CC[C@@H](CF)C3)cc2)Oc2ccc(O)cc21. The van der Waals surface area contributed by atoms with Gasteiger partial charge in [-0.15, -0.1) is 0 Å². The summed E-state index contributed by atoms with van der Waals surface area (Å²) in [5.74, 6) is 1.48. The van der Waals surface area contributed by atoms with E-state index in [0.717, 1.165) is 59.6 Å². The Balaban J connectivity index is 1.36. The van der Waals surface area contributed by atoms with Crippen LogP contribution in [-0.4, -0.2) is 42.9 Å². The highest BCUT2D eigenvalue weighted by molar-refractivity contribution is 5.95. The van der Waals surface area contributed by atoms with Crippen molar-refractivity contribution in [1.29, 1.82) is 0 Å². The van der Waals surface area contributed by atoms with Gasteiger partial charge in [-0.05, 0) is 79.1 Å². The number of allylic oxidation sites excluding steroid dienone is 1. The molecule has 1 fully saturated rings. The molecule has 0 spiro atoms. The van der Waals surface area contributed by atoms with Crippen LogP contribution in [0.25, 0.3) is 11.1 Å². The molecule has 1 saturated heterocycles. The van der Waals surface area contributed by atoms with E-state index in [4.69, 9.17) is 9.47 Å². The fourth-order valence-corrected chi connectivity index (χ4v) is 4.95. The molecule has 6 heteroatoms. The van der Waals surface area contributed by atoms with Crippen LogP contribution in [0.2, 0.25) is 0 Å². The third kappa shape index (κ3) is 5.03. The van der Waals surface area contributed by atoms with Crippen molar-refractivity contribution >= 4 is 11.1 Å². The summed E-state index contributed by atoms with van der Waals surface area (Å²) in [6.07, 6.45) is 0.521. The van der Waals surface area contributed by atoms with Crippen molar-refractivity contribution in [3.63, 3.8) is 0 Å². The number of ether oxygens (including phenoxy) is 2. The first-order valence-corrected chi connectivity index (χ1v) is 12.0. The molecule has 0 radical (unpaired) electrons. The van der Waals surface area contributed by atoms with Crippen molar-refractivity contribution in [2.75, 3.05) is 32.9 Å². The second kappa shape index (κ2) is 10.1. The summed E-state index contributed by atoms with van der Waals surface area (Å²) in [6, 6.07) is 19.3. The Morgan fingerprint density at radius 3 is 2.54 bits per heavy atom. The van der Waals surface area contributed by atoms with Gasteiger partial charge in [-0.3, -0.25) is 9.29 Å². The molecule has 2 aliphatic heterocycles. The third-order valence-corrected chi connectivity index (χ3v) is 6.88. The lowest BCUT2D eigenvalue weighted by Crippen LogP contribution is -2.26. The topological polar surface area (TPSA) is 41.9 Å². The zero-order valence-corrected chi connectivity index (χ0v) is 19.7. The first-order valence-electron chi connectivity index (χ1n) is 12.0. The second-order valence-corrected chi connectivity index (χ2v) is 9.25. The lowest BCUT2D eigenvalue weighted by atomic mass is 9.86. The molecule has 3 aromatic carbocycles. The Hall–Kier alpha value is -3.38. The van der Waals surface area contributed by atoms with Gasteiger partial charge in [0.05, 0.1) is 6.67 Å². The standard InChI is InChI=1S/C29H29F2NO3/c1-19-26-16-24(33)8-11-27(26)35-29(28(19)21-2-6-23(31)7-3-21)22-4-9-25(10-5-22)34-15-14-32-13-12-20(17-30)18-32/h2-11,16,20,29,33H,12-15,17-18H2,1H3/t20-,29?/m0/s1. The Morgan fingerprint density at radius 1 is 1.06 bits per heavy atom. The van der Waals surface area contributed by atoms with E-state index in [9.17, 15) is 13.9 Å². The predicted octanol–water partition coefficient (Wildman–Crippen LogP) is 6.27. The van der Waals surface area contributed by atoms with E-state index in [1.807, 2.05) is 31.2 Å². The van der Waals surface area contributed by atoms with Crippen LogP contribution in [0.1, 0.15) is 36.1 Å². The minimum Gasteiger partial charge on any atom is -0.508 e. The highest BCUT2D eigenvalue weighted by Gasteiger charge is 2.29. The molecule has 35 heavy (non-hydrogen) atoms. The Kier molecular flexibility index (Phi) is 6.73. The van der Waals surface area contributed by atoms with Crippen molar-refractivity contribution in [3.8, 4) is 17.2 Å². The Labute approximate surface area is 204 Å². The predicted molar refractivity (Wildman–Crippen MR) is 133 cm³/mol. The molecule has 2 heterocycles. The van der Waals surface area contributed by atoms with Crippen LogP contribution in [-0.2, 0) is 0 Å². The van der Waals surface area contributed by atoms with Gasteiger partial charge in [-0.2, -0.15) is 0 Å². The molecule has 1 unspecified atom stereocenters. The van der Waals surface area contributed by atoms with Crippen molar-refractivity contribution < 1.29 is 23.4 Å².